The van der Waals surface area contributed by atoms with E-state index in [4.69, 9.17) is 0 Å². The van der Waals surface area contributed by atoms with Crippen LogP contribution in [0.3, 0.4) is 0 Å². The summed E-state index contributed by atoms with van der Waals surface area (Å²) in [6.07, 6.45) is 2.21. The van der Waals surface area contributed by atoms with E-state index in [2.05, 4.69) is 42.2 Å². The van der Waals surface area contributed by atoms with Crippen molar-refractivity contribution in [3.05, 3.63) is 71.9 Å². The lowest BCUT2D eigenvalue weighted by Gasteiger charge is -2.29. The molecular weight excluding hydrogens is 704 g/mol. The highest BCUT2D eigenvalue weighted by atomic mass is 16.2. The van der Waals surface area contributed by atoms with Crippen molar-refractivity contribution in [2.24, 2.45) is 11.8 Å². The molecule has 0 spiro atoms. The fourth-order valence-corrected chi connectivity index (χ4v) is 6.28. The maximum atomic E-state index is 13.9. The number of fused-ring (bicyclic) bond motifs is 1. The Morgan fingerprint density at radius 1 is 0.582 bits per heavy atom. The van der Waals surface area contributed by atoms with Gasteiger partial charge < -0.3 is 42.2 Å². The molecule has 3 aromatic rings. The number of hydrogen-bond acceptors (Lipinski definition) is 7. The molecule has 15 nitrogen and oxygen atoms in total. The van der Waals surface area contributed by atoms with Crippen LogP contribution in [-0.2, 0) is 46.4 Å². The third-order valence-corrected chi connectivity index (χ3v) is 9.54. The van der Waals surface area contributed by atoms with Gasteiger partial charge in [-0.1, -0.05) is 76.2 Å². The first-order chi connectivity index (χ1) is 26.1. The maximum absolute atomic E-state index is 13.9. The first-order valence-corrected chi connectivity index (χ1v) is 18.8. The van der Waals surface area contributed by atoms with Crippen LogP contribution in [0, 0.1) is 11.8 Å². The molecule has 1 aliphatic rings. The van der Waals surface area contributed by atoms with Gasteiger partial charge >= 0.3 is 0 Å². The average Bonchev–Trinajstić information content (AvgIpc) is 3.55. The van der Waals surface area contributed by atoms with Crippen LogP contribution in [0.2, 0.25) is 0 Å². The fraction of sp³-hybridized carbons (Fsp3) is 0.475. The van der Waals surface area contributed by atoms with Crippen LogP contribution in [0.5, 0.6) is 0 Å². The Kier molecular flexibility index (Phi) is 14.9. The lowest BCUT2D eigenvalue weighted by molar-refractivity contribution is -0.136. The zero-order valence-corrected chi connectivity index (χ0v) is 32.3. The van der Waals surface area contributed by atoms with Gasteiger partial charge in [-0.2, -0.15) is 0 Å². The maximum Gasteiger partial charge on any atom is 0.243 e. The number of carbonyl (C=O) groups is 7. The number of aromatic amines is 1. The molecule has 2 aromatic carbocycles. The SMILES string of the molecule is CC(C)[C@@H]1NC(=O)[C@@H](Cc2ccccc2)NC(=O)[C@@H](C(C)C)NC(=O)[C@H](C)NC(=O)CCCNC(=O)[C@H](Cc2c[nH]c3ccccc23)NC(=O)[C@H](C)NC1=O. The minimum absolute atomic E-state index is 0.0121. The molecule has 1 saturated heterocycles. The average molecular weight is 759 g/mol. The van der Waals surface area contributed by atoms with E-state index in [-0.39, 0.29) is 32.2 Å². The Morgan fingerprint density at radius 2 is 1.13 bits per heavy atom. The molecule has 55 heavy (non-hydrogen) atoms. The smallest absolute Gasteiger partial charge is 0.243 e. The Balaban J connectivity index is 1.63. The third-order valence-electron chi connectivity index (χ3n) is 9.54. The van der Waals surface area contributed by atoms with Gasteiger partial charge in [0.1, 0.15) is 36.3 Å². The topological polar surface area (TPSA) is 219 Å². The van der Waals surface area contributed by atoms with Gasteiger partial charge in [0.2, 0.25) is 41.4 Å². The summed E-state index contributed by atoms with van der Waals surface area (Å²) in [5.74, 6) is -4.87. The van der Waals surface area contributed by atoms with Gasteiger partial charge in [0, 0.05) is 42.9 Å². The Hall–Kier alpha value is -5.73. The summed E-state index contributed by atoms with van der Waals surface area (Å²) in [4.78, 5) is 97.6. The van der Waals surface area contributed by atoms with Crippen LogP contribution >= 0.6 is 0 Å². The summed E-state index contributed by atoms with van der Waals surface area (Å²) in [6.45, 7) is 10.0. The zero-order valence-electron chi connectivity index (χ0n) is 32.3. The highest BCUT2D eigenvalue weighted by Crippen LogP contribution is 2.19. The molecule has 8 N–H and O–H groups in total. The van der Waals surface area contributed by atoms with Crippen LogP contribution in [0.15, 0.2) is 60.8 Å². The number of para-hydroxylation sites is 1. The Morgan fingerprint density at radius 3 is 1.80 bits per heavy atom. The van der Waals surface area contributed by atoms with Crippen LogP contribution in [0.25, 0.3) is 10.9 Å². The molecule has 1 fully saturated rings. The van der Waals surface area contributed by atoms with E-state index >= 15 is 0 Å². The first kappa shape index (κ1) is 42.0. The number of carbonyl (C=O) groups excluding carboxylic acids is 7. The van der Waals surface area contributed by atoms with E-state index in [0.29, 0.717) is 0 Å². The normalized spacial score (nSPS) is 24.6. The minimum Gasteiger partial charge on any atom is -0.361 e. The second kappa shape index (κ2) is 19.6. The molecule has 1 aliphatic heterocycles. The fourth-order valence-electron chi connectivity index (χ4n) is 6.28. The van der Waals surface area contributed by atoms with E-state index in [9.17, 15) is 33.6 Å². The van der Waals surface area contributed by atoms with Crippen molar-refractivity contribution >= 4 is 52.3 Å². The van der Waals surface area contributed by atoms with Crippen molar-refractivity contribution in [1.82, 2.24) is 42.2 Å². The number of aromatic nitrogens is 1. The molecule has 1 aromatic heterocycles. The van der Waals surface area contributed by atoms with Crippen LogP contribution in [0.1, 0.15) is 65.5 Å². The van der Waals surface area contributed by atoms with Crippen molar-refractivity contribution < 1.29 is 33.6 Å². The molecule has 0 saturated carbocycles. The van der Waals surface area contributed by atoms with Crippen LogP contribution in [-0.4, -0.2) is 89.1 Å². The monoisotopic (exact) mass is 758 g/mol. The number of amides is 7. The third kappa shape index (κ3) is 11.9. The number of H-pyrrole nitrogens is 1. The molecule has 4 rings (SSSR count). The van der Waals surface area contributed by atoms with E-state index in [1.807, 2.05) is 30.3 Å². The summed E-state index contributed by atoms with van der Waals surface area (Å²) >= 11 is 0. The highest BCUT2D eigenvalue weighted by Gasteiger charge is 2.34. The second-order valence-electron chi connectivity index (χ2n) is 14.8. The molecule has 2 heterocycles. The summed E-state index contributed by atoms with van der Waals surface area (Å²) in [6, 6.07) is 10.1. The number of nitrogens with one attached hydrogen (secondary N) is 8. The largest absolute Gasteiger partial charge is 0.361 e. The number of hydrogen-bond donors (Lipinski definition) is 8. The Labute approximate surface area is 321 Å². The van der Waals surface area contributed by atoms with Gasteiger partial charge in [0.25, 0.3) is 0 Å². The molecule has 6 atom stereocenters. The van der Waals surface area contributed by atoms with Crippen molar-refractivity contribution in [2.45, 2.75) is 103 Å². The Bertz CT molecular complexity index is 1840. The molecule has 15 heteroatoms. The second-order valence-corrected chi connectivity index (χ2v) is 14.8. The number of benzene rings is 2. The van der Waals surface area contributed by atoms with Gasteiger partial charge in [-0.15, -0.1) is 0 Å². The van der Waals surface area contributed by atoms with E-state index in [0.717, 1.165) is 22.0 Å². The van der Waals surface area contributed by atoms with E-state index in [1.165, 1.54) is 13.8 Å². The van der Waals surface area contributed by atoms with Gasteiger partial charge in [-0.3, -0.25) is 33.6 Å². The van der Waals surface area contributed by atoms with Gasteiger partial charge in [-0.05, 0) is 49.3 Å². The predicted molar refractivity (Wildman–Crippen MR) is 207 cm³/mol. The molecule has 0 unspecified atom stereocenters. The molecule has 0 aliphatic carbocycles. The predicted octanol–water partition coefficient (Wildman–Crippen LogP) is 1.12. The lowest BCUT2D eigenvalue weighted by atomic mass is 9.99. The van der Waals surface area contributed by atoms with Crippen molar-refractivity contribution in [2.75, 3.05) is 6.54 Å². The standard InChI is InChI=1S/C40H54N8O7/c1-22(2)33-39(54)44-25(6)35(50)45-31(20-27-21-42-29-16-11-10-15-28(27)29)37(52)41-18-12-17-32(49)43-24(5)36(51)47-34(23(3)4)40(55)46-30(38(53)48-33)19-26-13-8-7-9-14-26/h7-11,13-16,21-25,30-31,33-34,42H,12,17-20H2,1-6H3,(H,41,52)(H,43,49)(H,44,54)(H,45,50)(H,46,55)(H,47,51)(H,48,53)/t24-,25-,30+,31-,33-,34+/m0/s1. The summed E-state index contributed by atoms with van der Waals surface area (Å²) < 4.78 is 0. The molecule has 0 bridgehead atoms. The van der Waals surface area contributed by atoms with Gasteiger partial charge in [-0.25, -0.2) is 0 Å². The quantitative estimate of drug-likeness (QED) is 0.183. The minimum atomic E-state index is -1.15. The van der Waals surface area contributed by atoms with Crippen molar-refractivity contribution in [3.8, 4) is 0 Å². The molecular formula is C40H54N8O7. The van der Waals surface area contributed by atoms with Gasteiger partial charge in [0.15, 0.2) is 0 Å². The first-order valence-electron chi connectivity index (χ1n) is 18.8. The lowest BCUT2D eigenvalue weighted by Crippen LogP contribution is -2.61. The summed E-state index contributed by atoms with van der Waals surface area (Å²) in [5.41, 5.74) is 2.39. The highest BCUT2D eigenvalue weighted by molar-refractivity contribution is 5.97. The van der Waals surface area contributed by atoms with E-state index < -0.39 is 89.4 Å². The van der Waals surface area contributed by atoms with Crippen molar-refractivity contribution in [1.29, 1.82) is 0 Å². The van der Waals surface area contributed by atoms with Crippen LogP contribution in [0.4, 0.5) is 0 Å². The summed E-state index contributed by atoms with van der Waals surface area (Å²) in [5, 5.41) is 20.0. The molecule has 7 amide bonds. The molecule has 0 radical (unpaired) electrons. The molecule has 296 valence electrons. The van der Waals surface area contributed by atoms with E-state index in [1.54, 1.807) is 58.2 Å². The zero-order chi connectivity index (χ0) is 40.2. The number of rotatable bonds is 6. The van der Waals surface area contributed by atoms with Gasteiger partial charge in [0.05, 0.1) is 0 Å². The van der Waals surface area contributed by atoms with Crippen LogP contribution < -0.4 is 37.2 Å². The van der Waals surface area contributed by atoms with Crippen molar-refractivity contribution in [3.63, 3.8) is 0 Å². The summed E-state index contributed by atoms with van der Waals surface area (Å²) in [7, 11) is 0.